The Balaban J connectivity index is -0.000000408. The van der Waals surface area contributed by atoms with Crippen molar-refractivity contribution >= 4 is 18.3 Å². The molecule has 0 aliphatic heterocycles. The smallest absolute Gasteiger partial charge is 0.323 e. The summed E-state index contributed by atoms with van der Waals surface area (Å²) in [5, 5.41) is 10.7. The van der Waals surface area contributed by atoms with E-state index < -0.39 is 5.97 Å². The summed E-state index contributed by atoms with van der Waals surface area (Å²) in [6, 6.07) is 0. The molecule has 2 amide bonds. The van der Waals surface area contributed by atoms with Gasteiger partial charge in [-0.2, -0.15) is 0 Å². The van der Waals surface area contributed by atoms with Crippen LogP contribution in [0, 0.1) is 0 Å². The maximum absolute atomic E-state index is 11.3. The number of nitrogens with zero attached hydrogens (tertiary/aromatic N) is 1. The van der Waals surface area contributed by atoms with Crippen molar-refractivity contribution in [1.82, 2.24) is 10.2 Å². The molecule has 7 nitrogen and oxygen atoms in total. The molecule has 0 aromatic rings. The van der Waals surface area contributed by atoms with Gasteiger partial charge in [-0.3, -0.25) is 14.4 Å². The van der Waals surface area contributed by atoms with Crippen molar-refractivity contribution in [2.45, 2.75) is 33.6 Å². The van der Waals surface area contributed by atoms with Crippen molar-refractivity contribution in [2.75, 3.05) is 33.9 Å². The number of carboxylic acid groups (broad SMARTS) is 1. The van der Waals surface area contributed by atoms with E-state index in [0.717, 1.165) is 0 Å². The maximum atomic E-state index is 11.3. The highest BCUT2D eigenvalue weighted by Gasteiger charge is 2.14. The Hall–Kier alpha value is -1.63. The third kappa shape index (κ3) is 21.6. The number of hydrogen-bond donors (Lipinski definition) is 2. The third-order valence-electron chi connectivity index (χ3n) is 1.51. The normalized spacial score (nSPS) is 8.25. The van der Waals surface area contributed by atoms with Gasteiger partial charge in [0.1, 0.15) is 6.54 Å². The van der Waals surface area contributed by atoms with Crippen LogP contribution in [0.4, 0.5) is 0 Å². The van der Waals surface area contributed by atoms with Crippen LogP contribution in [-0.2, 0) is 19.1 Å². The fourth-order valence-corrected chi connectivity index (χ4v) is 0.966. The van der Waals surface area contributed by atoms with Gasteiger partial charge in [0.25, 0.3) is 0 Å². The van der Waals surface area contributed by atoms with Crippen molar-refractivity contribution < 1.29 is 24.2 Å². The molecule has 0 saturated heterocycles. The predicted molar refractivity (Wildman–Crippen MR) is 77.5 cm³/mol. The number of carbonyl (C=O) groups excluding carboxylic acids is 2. The largest absolute Gasteiger partial charge is 0.480 e. The minimum absolute atomic E-state index is 0.156. The quantitative estimate of drug-likeness (QED) is 0.675. The molecule has 0 atom stereocenters. The van der Waals surface area contributed by atoms with Gasteiger partial charge in [-0.1, -0.05) is 27.2 Å². The zero-order valence-corrected chi connectivity index (χ0v) is 13.1. The number of nitrogens with one attached hydrogen (secondary N) is 1. The monoisotopic (exact) mass is 292 g/mol. The SMILES string of the molecule is CCC.CCCN(CC(=O)O)C(=O)CNC=O.COC. The molecule has 0 bridgehead atoms. The second-order valence-corrected chi connectivity index (χ2v) is 3.82. The molecule has 0 saturated carbocycles. The van der Waals surface area contributed by atoms with Crippen molar-refractivity contribution in [1.29, 1.82) is 0 Å². The Morgan fingerprint density at radius 3 is 2.00 bits per heavy atom. The molecule has 2 N–H and O–H groups in total. The Morgan fingerprint density at radius 2 is 1.70 bits per heavy atom. The first-order valence-electron chi connectivity index (χ1n) is 6.51. The fraction of sp³-hybridized carbons (Fsp3) is 0.769. The lowest BCUT2D eigenvalue weighted by Crippen LogP contribution is -2.41. The van der Waals surface area contributed by atoms with Crippen molar-refractivity contribution in [2.24, 2.45) is 0 Å². The van der Waals surface area contributed by atoms with E-state index in [1.807, 2.05) is 6.92 Å². The fourth-order valence-electron chi connectivity index (χ4n) is 0.966. The molecular weight excluding hydrogens is 264 g/mol. The van der Waals surface area contributed by atoms with Gasteiger partial charge in [0.2, 0.25) is 12.3 Å². The van der Waals surface area contributed by atoms with Crippen LogP contribution >= 0.6 is 0 Å². The molecule has 0 aliphatic carbocycles. The molecular formula is C13H28N2O5. The number of carboxylic acids is 1. The lowest BCUT2D eigenvalue weighted by Gasteiger charge is -2.19. The van der Waals surface area contributed by atoms with E-state index in [2.05, 4.69) is 23.9 Å². The summed E-state index contributed by atoms with van der Waals surface area (Å²) in [5.41, 5.74) is 0. The number of methoxy groups -OCH3 is 1. The second-order valence-electron chi connectivity index (χ2n) is 3.82. The van der Waals surface area contributed by atoms with Gasteiger partial charge in [-0.05, 0) is 6.42 Å². The number of carbonyl (C=O) groups is 3. The summed E-state index contributed by atoms with van der Waals surface area (Å²) in [6.45, 7) is 5.99. The topological polar surface area (TPSA) is 95.9 Å². The summed E-state index contributed by atoms with van der Waals surface area (Å²) in [5.74, 6) is -1.45. The first-order chi connectivity index (χ1) is 9.44. The summed E-state index contributed by atoms with van der Waals surface area (Å²) in [7, 11) is 3.25. The molecule has 0 fully saturated rings. The molecule has 120 valence electrons. The highest BCUT2D eigenvalue weighted by molar-refractivity contribution is 5.83. The van der Waals surface area contributed by atoms with Gasteiger partial charge in [0.05, 0.1) is 6.54 Å². The van der Waals surface area contributed by atoms with E-state index in [1.165, 1.54) is 11.3 Å². The molecule has 0 unspecified atom stereocenters. The molecule has 20 heavy (non-hydrogen) atoms. The van der Waals surface area contributed by atoms with Crippen LogP contribution in [0.2, 0.25) is 0 Å². The van der Waals surface area contributed by atoms with E-state index >= 15 is 0 Å². The van der Waals surface area contributed by atoms with Crippen molar-refractivity contribution in [3.8, 4) is 0 Å². The van der Waals surface area contributed by atoms with E-state index in [9.17, 15) is 14.4 Å². The Labute approximate surface area is 121 Å². The van der Waals surface area contributed by atoms with Crippen LogP contribution in [0.25, 0.3) is 0 Å². The average Bonchev–Trinajstić information content (AvgIpc) is 2.37. The lowest BCUT2D eigenvalue weighted by molar-refractivity contribution is -0.144. The van der Waals surface area contributed by atoms with Crippen LogP contribution in [0.1, 0.15) is 33.6 Å². The van der Waals surface area contributed by atoms with E-state index in [0.29, 0.717) is 19.4 Å². The first kappa shape index (κ1) is 23.5. The highest BCUT2D eigenvalue weighted by atomic mass is 16.4. The summed E-state index contributed by atoms with van der Waals surface area (Å²) in [4.78, 5) is 32.8. The zero-order valence-electron chi connectivity index (χ0n) is 13.1. The Bertz CT molecular complexity index is 245. The average molecular weight is 292 g/mol. The molecule has 0 spiro atoms. The molecule has 0 rings (SSSR count). The number of amides is 2. The first-order valence-corrected chi connectivity index (χ1v) is 6.51. The molecule has 0 aliphatic rings. The molecule has 0 aromatic heterocycles. The van der Waals surface area contributed by atoms with Gasteiger partial charge in [0.15, 0.2) is 0 Å². The molecule has 0 radical (unpaired) electrons. The molecule has 0 heterocycles. The van der Waals surface area contributed by atoms with Crippen LogP contribution in [-0.4, -0.2) is 62.1 Å². The van der Waals surface area contributed by atoms with Gasteiger partial charge >= 0.3 is 5.97 Å². The number of hydrogen-bond acceptors (Lipinski definition) is 4. The predicted octanol–water partition coefficient (Wildman–Crippen LogP) is 0.735. The summed E-state index contributed by atoms with van der Waals surface area (Å²) < 4.78 is 4.25. The van der Waals surface area contributed by atoms with E-state index in [-0.39, 0.29) is 19.0 Å². The van der Waals surface area contributed by atoms with E-state index in [1.54, 1.807) is 14.2 Å². The van der Waals surface area contributed by atoms with Crippen LogP contribution in [0.3, 0.4) is 0 Å². The van der Waals surface area contributed by atoms with Crippen molar-refractivity contribution in [3.05, 3.63) is 0 Å². The minimum atomic E-state index is -1.06. The minimum Gasteiger partial charge on any atom is -0.480 e. The summed E-state index contributed by atoms with van der Waals surface area (Å²) in [6.07, 6.45) is 2.34. The number of ether oxygens (including phenoxy) is 1. The molecule has 0 aromatic carbocycles. The van der Waals surface area contributed by atoms with Crippen LogP contribution in [0.15, 0.2) is 0 Å². The van der Waals surface area contributed by atoms with E-state index in [4.69, 9.17) is 5.11 Å². The zero-order chi connectivity index (χ0) is 16.4. The lowest BCUT2D eigenvalue weighted by atomic mass is 10.3. The van der Waals surface area contributed by atoms with Gasteiger partial charge in [-0.15, -0.1) is 0 Å². The van der Waals surface area contributed by atoms with Crippen molar-refractivity contribution in [3.63, 3.8) is 0 Å². The second kappa shape index (κ2) is 19.7. The highest BCUT2D eigenvalue weighted by Crippen LogP contribution is 1.92. The maximum Gasteiger partial charge on any atom is 0.323 e. The third-order valence-corrected chi connectivity index (χ3v) is 1.51. The van der Waals surface area contributed by atoms with Gasteiger partial charge < -0.3 is 20.1 Å². The van der Waals surface area contributed by atoms with Gasteiger partial charge in [-0.25, -0.2) is 0 Å². The standard InChI is InChI=1S/C8H14N2O4.C3H8.C2H6O/c1-2-3-10(5-8(13)14)7(12)4-9-6-11;2*1-3-2/h6H,2-5H2,1H3,(H,9,11)(H,13,14);3H2,1-2H3;1-2H3. The number of aliphatic carboxylic acids is 1. The summed E-state index contributed by atoms with van der Waals surface area (Å²) >= 11 is 0. The Morgan fingerprint density at radius 1 is 1.25 bits per heavy atom. The Kier molecular flexibility index (Phi) is 23.1. The molecule has 7 heteroatoms. The number of rotatable bonds is 7. The van der Waals surface area contributed by atoms with Gasteiger partial charge in [0, 0.05) is 20.8 Å². The van der Waals surface area contributed by atoms with Crippen LogP contribution in [0.5, 0.6) is 0 Å². The van der Waals surface area contributed by atoms with Crippen LogP contribution < -0.4 is 5.32 Å².